The van der Waals surface area contributed by atoms with Crippen LogP contribution in [0.25, 0.3) is 22.1 Å². The molecule has 0 saturated carbocycles. The first-order chi connectivity index (χ1) is 17.7. The molecule has 2 aliphatic rings. The second-order valence-electron chi connectivity index (χ2n) is 9.22. The molecular formula is C28H22O8S. The Morgan fingerprint density at radius 2 is 1.49 bits per heavy atom. The van der Waals surface area contributed by atoms with Gasteiger partial charge in [-0.1, -0.05) is 24.3 Å². The van der Waals surface area contributed by atoms with Crippen molar-refractivity contribution in [3.63, 3.8) is 0 Å². The fourth-order valence-corrected chi connectivity index (χ4v) is 6.60. The predicted octanol–water partition coefficient (Wildman–Crippen LogP) is 4.37. The van der Waals surface area contributed by atoms with Gasteiger partial charge < -0.3 is 23.6 Å². The molecule has 188 valence electrons. The highest BCUT2D eigenvalue weighted by Crippen LogP contribution is 2.51. The number of phenolic OH excluding ortho intramolecular Hbond substituents is 2. The number of hydrogen-bond donors (Lipinski definition) is 2. The van der Waals surface area contributed by atoms with Crippen molar-refractivity contribution in [3.8, 4) is 17.2 Å². The van der Waals surface area contributed by atoms with Crippen molar-refractivity contribution < 1.29 is 32.0 Å². The first-order valence-corrected chi connectivity index (χ1v) is 13.1. The summed E-state index contributed by atoms with van der Waals surface area (Å²) in [5.41, 5.74) is 3.48. The van der Waals surface area contributed by atoms with Crippen molar-refractivity contribution in [1.29, 1.82) is 0 Å². The highest BCUT2D eigenvalue weighted by molar-refractivity contribution is 7.87. The number of benzene rings is 3. The Morgan fingerprint density at radius 3 is 2.14 bits per heavy atom. The van der Waals surface area contributed by atoms with Crippen LogP contribution in [-0.2, 0) is 14.9 Å². The zero-order valence-electron chi connectivity index (χ0n) is 19.6. The molecule has 2 N–H and O–H groups in total. The van der Waals surface area contributed by atoms with Crippen LogP contribution in [0, 0.1) is 6.92 Å². The van der Waals surface area contributed by atoms with Crippen molar-refractivity contribution in [3.05, 3.63) is 99.9 Å². The van der Waals surface area contributed by atoms with Crippen molar-refractivity contribution in [2.45, 2.75) is 30.8 Å². The molecule has 1 fully saturated rings. The molecule has 8 nitrogen and oxygen atoms in total. The topological polar surface area (TPSA) is 123 Å². The lowest BCUT2D eigenvalue weighted by molar-refractivity contribution is 0.128. The van der Waals surface area contributed by atoms with Gasteiger partial charge in [-0.2, -0.15) is 8.42 Å². The number of rotatable bonds is 5. The lowest BCUT2D eigenvalue weighted by Gasteiger charge is -2.24. The second-order valence-corrected chi connectivity index (χ2v) is 11.0. The van der Waals surface area contributed by atoms with Crippen molar-refractivity contribution in [2.24, 2.45) is 0 Å². The number of phenols is 2. The summed E-state index contributed by atoms with van der Waals surface area (Å²) in [6.07, 6.45) is -1.12. The fraction of sp³-hybridized carbons (Fsp3) is 0.179. The van der Waals surface area contributed by atoms with Crippen LogP contribution in [0.15, 0.2) is 82.0 Å². The highest BCUT2D eigenvalue weighted by Gasteiger charge is 2.53. The number of fused-ring (bicyclic) bond motifs is 3. The molecule has 0 spiro atoms. The lowest BCUT2D eigenvalue weighted by atomic mass is 9.83. The van der Waals surface area contributed by atoms with E-state index in [4.69, 9.17) is 13.3 Å². The van der Waals surface area contributed by atoms with Crippen LogP contribution in [0.1, 0.15) is 23.1 Å². The molecule has 3 atom stereocenters. The summed E-state index contributed by atoms with van der Waals surface area (Å²) in [6, 6.07) is 19.1. The average molecular weight is 519 g/mol. The Hall–Kier alpha value is -4.08. The molecule has 3 aromatic carbocycles. The summed E-state index contributed by atoms with van der Waals surface area (Å²) in [5, 5.41) is 19.2. The first-order valence-electron chi connectivity index (χ1n) is 11.7. The van der Waals surface area contributed by atoms with E-state index in [1.54, 1.807) is 49.4 Å². The van der Waals surface area contributed by atoms with Crippen molar-refractivity contribution in [1.82, 2.24) is 0 Å². The van der Waals surface area contributed by atoms with E-state index in [1.807, 2.05) is 0 Å². The first kappa shape index (κ1) is 23.3. The summed E-state index contributed by atoms with van der Waals surface area (Å²) in [7, 11) is -4.16. The minimum absolute atomic E-state index is 0.0398. The SMILES string of the molecule is Cc1cc(=O)oc2cc(OS(=O)(=O)C3CC4OC3C(c3ccc(O)cc3)=C4c3ccc(O)cc3)ccc12. The molecule has 9 heteroatoms. The largest absolute Gasteiger partial charge is 0.508 e. The quantitative estimate of drug-likeness (QED) is 0.295. The van der Waals surface area contributed by atoms with Crippen LogP contribution < -0.4 is 9.81 Å². The summed E-state index contributed by atoms with van der Waals surface area (Å²) >= 11 is 0. The third-order valence-corrected chi connectivity index (χ3v) is 8.46. The highest BCUT2D eigenvalue weighted by atomic mass is 32.2. The van der Waals surface area contributed by atoms with Gasteiger partial charge in [0.15, 0.2) is 0 Å². The minimum Gasteiger partial charge on any atom is -0.508 e. The van der Waals surface area contributed by atoms with Gasteiger partial charge in [0.05, 0.1) is 6.10 Å². The molecule has 0 amide bonds. The molecule has 1 aromatic heterocycles. The van der Waals surface area contributed by atoms with Crippen LogP contribution in [0.5, 0.6) is 17.2 Å². The lowest BCUT2D eigenvalue weighted by Crippen LogP contribution is -2.35. The molecule has 37 heavy (non-hydrogen) atoms. The van der Waals surface area contributed by atoms with Gasteiger partial charge in [0.25, 0.3) is 0 Å². The molecule has 6 rings (SSSR count). The van der Waals surface area contributed by atoms with E-state index in [0.29, 0.717) is 16.5 Å². The summed E-state index contributed by atoms with van der Waals surface area (Å²) < 4.78 is 43.9. The van der Waals surface area contributed by atoms with Gasteiger partial charge >= 0.3 is 15.7 Å². The van der Waals surface area contributed by atoms with Crippen LogP contribution in [0.2, 0.25) is 0 Å². The van der Waals surface area contributed by atoms with E-state index >= 15 is 0 Å². The molecule has 2 aliphatic heterocycles. The molecule has 4 aromatic rings. The van der Waals surface area contributed by atoms with Gasteiger partial charge in [-0.25, -0.2) is 4.79 Å². The maximum absolute atomic E-state index is 13.5. The summed E-state index contributed by atoms with van der Waals surface area (Å²) in [6.45, 7) is 1.77. The predicted molar refractivity (Wildman–Crippen MR) is 137 cm³/mol. The van der Waals surface area contributed by atoms with Crippen LogP contribution in [0.3, 0.4) is 0 Å². The number of ether oxygens (including phenoxy) is 1. The maximum atomic E-state index is 13.5. The van der Waals surface area contributed by atoms with E-state index in [-0.39, 0.29) is 29.3 Å². The summed E-state index contributed by atoms with van der Waals surface area (Å²) in [5.74, 6) is 0.248. The van der Waals surface area contributed by atoms with Gasteiger partial charge in [0.2, 0.25) is 0 Å². The van der Waals surface area contributed by atoms with E-state index in [1.165, 1.54) is 30.3 Å². The van der Waals surface area contributed by atoms with E-state index < -0.39 is 33.2 Å². The Labute approximate surface area is 212 Å². The number of aryl methyl sites for hydroxylation is 1. The average Bonchev–Trinajstić information content (AvgIpc) is 3.44. The van der Waals surface area contributed by atoms with E-state index in [9.17, 15) is 23.4 Å². The van der Waals surface area contributed by atoms with Gasteiger partial charge in [-0.3, -0.25) is 0 Å². The fourth-order valence-electron chi connectivity index (χ4n) is 5.19. The minimum atomic E-state index is -4.16. The standard InChI is InChI=1S/C28H22O8S/c1-15-12-25(31)34-22-13-20(10-11-21(15)22)36-37(32,33)24-14-23-26(16-2-6-18(29)7-3-16)27(28(24)35-23)17-4-8-19(30)9-5-17/h2-13,23-24,28-30H,14H2,1H3. The molecule has 0 radical (unpaired) electrons. The zero-order chi connectivity index (χ0) is 25.9. The van der Waals surface area contributed by atoms with Gasteiger partial charge in [0.1, 0.15) is 34.2 Å². The van der Waals surface area contributed by atoms with Crippen molar-refractivity contribution in [2.75, 3.05) is 0 Å². The molecule has 0 aliphatic carbocycles. The van der Waals surface area contributed by atoms with E-state index in [2.05, 4.69) is 0 Å². The van der Waals surface area contributed by atoms with Gasteiger partial charge in [-0.15, -0.1) is 0 Å². The van der Waals surface area contributed by atoms with Gasteiger partial charge in [-0.05, 0) is 71.2 Å². The normalized spacial score (nSPS) is 21.1. The van der Waals surface area contributed by atoms with Crippen LogP contribution in [0.4, 0.5) is 0 Å². The smallest absolute Gasteiger partial charge is 0.336 e. The molecular weight excluding hydrogens is 496 g/mol. The Bertz CT molecular complexity index is 1720. The Balaban J connectivity index is 1.38. The molecule has 1 saturated heterocycles. The molecule has 2 bridgehead atoms. The Kier molecular flexibility index (Phi) is 5.36. The third kappa shape index (κ3) is 4.06. The monoisotopic (exact) mass is 518 g/mol. The zero-order valence-corrected chi connectivity index (χ0v) is 20.4. The Morgan fingerprint density at radius 1 is 0.865 bits per heavy atom. The van der Waals surface area contributed by atoms with Crippen LogP contribution in [-0.4, -0.2) is 36.1 Å². The summed E-state index contributed by atoms with van der Waals surface area (Å²) in [4.78, 5) is 11.8. The van der Waals surface area contributed by atoms with Gasteiger partial charge in [0, 0.05) is 23.9 Å². The van der Waals surface area contributed by atoms with Crippen molar-refractivity contribution >= 4 is 32.2 Å². The van der Waals surface area contributed by atoms with Crippen LogP contribution >= 0.6 is 0 Å². The number of aromatic hydroxyl groups is 2. The maximum Gasteiger partial charge on any atom is 0.336 e. The molecule has 3 unspecified atom stereocenters. The second kappa shape index (κ2) is 8.50. The molecule has 3 heterocycles. The van der Waals surface area contributed by atoms with E-state index in [0.717, 1.165) is 16.7 Å². The number of hydrogen-bond acceptors (Lipinski definition) is 8. The third-order valence-electron chi connectivity index (χ3n) is 6.85.